The van der Waals surface area contributed by atoms with Crippen molar-refractivity contribution in [3.8, 4) is 0 Å². The summed E-state index contributed by atoms with van der Waals surface area (Å²) in [5.41, 5.74) is 0.808. The van der Waals surface area contributed by atoms with E-state index in [2.05, 4.69) is 0 Å². The molecule has 0 aliphatic carbocycles. The van der Waals surface area contributed by atoms with Crippen LogP contribution >= 0.6 is 0 Å². The minimum absolute atomic E-state index is 0.0890. The van der Waals surface area contributed by atoms with Crippen LogP contribution in [0.3, 0.4) is 0 Å². The molecule has 11 heteroatoms. The number of ether oxygens (including phenoxy) is 4. The Labute approximate surface area is 172 Å². The van der Waals surface area contributed by atoms with Gasteiger partial charge in [-0.1, -0.05) is 30.3 Å². The highest BCUT2D eigenvalue weighted by molar-refractivity contribution is 5.13. The van der Waals surface area contributed by atoms with Gasteiger partial charge in [-0.25, -0.2) is 0 Å². The lowest BCUT2D eigenvalue weighted by Gasteiger charge is -2.42. The minimum Gasteiger partial charge on any atom is -0.394 e. The predicted octanol–water partition coefficient (Wildman–Crippen LogP) is -3.17. The van der Waals surface area contributed by atoms with Crippen LogP contribution in [0, 0.1) is 0 Å². The van der Waals surface area contributed by atoms with Gasteiger partial charge in [0.25, 0.3) is 0 Å². The molecule has 2 fully saturated rings. The van der Waals surface area contributed by atoms with Gasteiger partial charge in [-0.2, -0.15) is 0 Å². The molecule has 0 aromatic heterocycles. The Hall–Kier alpha value is -1.22. The lowest BCUT2D eigenvalue weighted by molar-refractivity contribution is -0.332. The Morgan fingerprint density at radius 3 is 1.80 bits per heavy atom. The second-order valence-electron chi connectivity index (χ2n) is 7.34. The van der Waals surface area contributed by atoms with E-state index in [-0.39, 0.29) is 6.61 Å². The maximum Gasteiger partial charge on any atom is 0.187 e. The van der Waals surface area contributed by atoms with E-state index in [1.165, 1.54) is 0 Å². The highest BCUT2D eigenvalue weighted by atomic mass is 16.7. The second-order valence-corrected chi connectivity index (χ2v) is 7.34. The van der Waals surface area contributed by atoms with Gasteiger partial charge in [0.2, 0.25) is 0 Å². The normalized spacial score (nSPS) is 42.2. The van der Waals surface area contributed by atoms with E-state index in [1.54, 1.807) is 12.1 Å². The molecular weight excluding hydrogens is 404 g/mol. The molecule has 2 heterocycles. The van der Waals surface area contributed by atoms with Gasteiger partial charge in [0.15, 0.2) is 12.6 Å². The smallest absolute Gasteiger partial charge is 0.187 e. The molecule has 0 saturated carbocycles. The first-order valence-corrected chi connectivity index (χ1v) is 9.60. The molecule has 2 saturated heterocycles. The topological polar surface area (TPSA) is 179 Å². The van der Waals surface area contributed by atoms with Crippen molar-refractivity contribution in [1.29, 1.82) is 0 Å². The van der Waals surface area contributed by atoms with Crippen LogP contribution in [0.25, 0.3) is 0 Å². The van der Waals surface area contributed by atoms with Gasteiger partial charge in [-0.05, 0) is 5.56 Å². The molecule has 1 aromatic carbocycles. The maximum atomic E-state index is 10.2. The molecule has 0 amide bonds. The van der Waals surface area contributed by atoms with Crippen LogP contribution in [0.4, 0.5) is 0 Å². The van der Waals surface area contributed by atoms with Crippen LogP contribution < -0.4 is 0 Å². The standard InChI is InChI=1S/C19H28O11/c20-6-10-12(21)14(23)16(25)19(29-10)28-8-11-13(22)15(24)17(26)18(30-11)27-7-9-4-2-1-3-5-9/h1-5,10-26H,6-8H2/t10-,11+,12-,13+,14+,15-,16-,17+,18-,19+/m0/s1. The summed E-state index contributed by atoms with van der Waals surface area (Å²) in [7, 11) is 0. The molecule has 1 aromatic rings. The average molecular weight is 432 g/mol. The summed E-state index contributed by atoms with van der Waals surface area (Å²) in [5, 5.41) is 69.3. The van der Waals surface area contributed by atoms with Crippen molar-refractivity contribution in [2.45, 2.75) is 68.0 Å². The molecule has 7 N–H and O–H groups in total. The van der Waals surface area contributed by atoms with Crippen LogP contribution in [0.2, 0.25) is 0 Å². The van der Waals surface area contributed by atoms with E-state index in [0.29, 0.717) is 0 Å². The zero-order valence-corrected chi connectivity index (χ0v) is 16.0. The highest BCUT2D eigenvalue weighted by Crippen LogP contribution is 2.26. The number of benzene rings is 1. The third-order valence-electron chi connectivity index (χ3n) is 5.20. The van der Waals surface area contributed by atoms with E-state index in [4.69, 9.17) is 18.9 Å². The second kappa shape index (κ2) is 10.4. The van der Waals surface area contributed by atoms with Crippen LogP contribution in [0.15, 0.2) is 30.3 Å². The molecule has 0 radical (unpaired) electrons. The molecule has 30 heavy (non-hydrogen) atoms. The fourth-order valence-corrected chi connectivity index (χ4v) is 3.34. The molecule has 10 atom stereocenters. The Kier molecular flexibility index (Phi) is 8.12. The Morgan fingerprint density at radius 2 is 1.20 bits per heavy atom. The first-order chi connectivity index (χ1) is 14.3. The van der Waals surface area contributed by atoms with Gasteiger partial charge < -0.3 is 54.7 Å². The summed E-state index contributed by atoms with van der Waals surface area (Å²) >= 11 is 0. The first-order valence-electron chi connectivity index (χ1n) is 9.60. The highest BCUT2D eigenvalue weighted by Gasteiger charge is 2.47. The van der Waals surface area contributed by atoms with Crippen molar-refractivity contribution in [1.82, 2.24) is 0 Å². The number of aliphatic hydroxyl groups is 7. The summed E-state index contributed by atoms with van der Waals surface area (Å²) in [6, 6.07) is 9.07. The van der Waals surface area contributed by atoms with Gasteiger partial charge >= 0.3 is 0 Å². The van der Waals surface area contributed by atoms with Crippen molar-refractivity contribution in [3.05, 3.63) is 35.9 Å². The molecule has 2 aliphatic rings. The average Bonchev–Trinajstić information content (AvgIpc) is 2.76. The summed E-state index contributed by atoms with van der Waals surface area (Å²) < 4.78 is 21.6. The van der Waals surface area contributed by atoms with E-state index >= 15 is 0 Å². The summed E-state index contributed by atoms with van der Waals surface area (Å²) in [6.45, 7) is -0.932. The lowest BCUT2D eigenvalue weighted by atomic mass is 9.98. The number of rotatable bonds is 7. The van der Waals surface area contributed by atoms with Crippen LogP contribution in [0.5, 0.6) is 0 Å². The summed E-state index contributed by atoms with van der Waals surface area (Å²) in [4.78, 5) is 0. The number of hydrogen-bond acceptors (Lipinski definition) is 11. The molecule has 0 bridgehead atoms. The van der Waals surface area contributed by atoms with Gasteiger partial charge in [-0.3, -0.25) is 0 Å². The molecule has 2 aliphatic heterocycles. The largest absolute Gasteiger partial charge is 0.394 e. The Morgan fingerprint density at radius 1 is 0.667 bits per heavy atom. The summed E-state index contributed by atoms with van der Waals surface area (Å²) in [6.07, 6.45) is -14.4. The summed E-state index contributed by atoms with van der Waals surface area (Å²) in [5.74, 6) is 0. The third kappa shape index (κ3) is 5.15. The van der Waals surface area contributed by atoms with Gasteiger partial charge in [0.1, 0.15) is 48.8 Å². The van der Waals surface area contributed by atoms with Gasteiger partial charge in [0, 0.05) is 0 Å². The van der Waals surface area contributed by atoms with E-state index in [0.717, 1.165) is 5.56 Å². The first kappa shape index (κ1) is 23.4. The van der Waals surface area contributed by atoms with E-state index in [1.807, 2.05) is 18.2 Å². The number of aliphatic hydroxyl groups excluding tert-OH is 7. The molecule has 3 rings (SSSR count). The van der Waals surface area contributed by atoms with Crippen LogP contribution in [-0.4, -0.2) is 110 Å². The van der Waals surface area contributed by atoms with Crippen molar-refractivity contribution in [2.75, 3.05) is 13.2 Å². The third-order valence-corrected chi connectivity index (χ3v) is 5.20. The number of hydrogen-bond donors (Lipinski definition) is 7. The zero-order valence-electron chi connectivity index (χ0n) is 16.0. The maximum absolute atomic E-state index is 10.2. The van der Waals surface area contributed by atoms with Crippen molar-refractivity contribution in [2.24, 2.45) is 0 Å². The van der Waals surface area contributed by atoms with Crippen molar-refractivity contribution < 1.29 is 54.7 Å². The fourth-order valence-electron chi connectivity index (χ4n) is 3.34. The van der Waals surface area contributed by atoms with Crippen molar-refractivity contribution >= 4 is 0 Å². The monoisotopic (exact) mass is 432 g/mol. The van der Waals surface area contributed by atoms with Crippen LogP contribution in [-0.2, 0) is 25.6 Å². The fraction of sp³-hybridized carbons (Fsp3) is 0.684. The van der Waals surface area contributed by atoms with Crippen LogP contribution in [0.1, 0.15) is 5.56 Å². The SMILES string of the molecule is OC[C@@H]1O[C@@H](OC[C@H]2O[C@H](OCc3ccccc3)[C@H](O)[C@@H](O)[C@@H]2O)[C@@H](O)[C@H](O)[C@H]1O. The lowest BCUT2D eigenvalue weighted by Crippen LogP contribution is -2.61. The van der Waals surface area contributed by atoms with E-state index in [9.17, 15) is 35.7 Å². The molecule has 0 unspecified atom stereocenters. The Balaban J connectivity index is 1.58. The van der Waals surface area contributed by atoms with Crippen molar-refractivity contribution in [3.63, 3.8) is 0 Å². The van der Waals surface area contributed by atoms with Gasteiger partial charge in [0.05, 0.1) is 19.8 Å². The molecular formula is C19H28O11. The quantitative estimate of drug-likeness (QED) is 0.231. The molecule has 0 spiro atoms. The molecule has 170 valence electrons. The van der Waals surface area contributed by atoms with Gasteiger partial charge in [-0.15, -0.1) is 0 Å². The minimum atomic E-state index is -1.62. The zero-order chi connectivity index (χ0) is 21.8. The van der Waals surface area contributed by atoms with E-state index < -0.39 is 74.6 Å². The molecule has 11 nitrogen and oxygen atoms in total. The predicted molar refractivity (Wildman–Crippen MR) is 97.6 cm³/mol. The Bertz CT molecular complexity index is 645.